The van der Waals surface area contributed by atoms with E-state index in [0.29, 0.717) is 38.8 Å². The van der Waals surface area contributed by atoms with Gasteiger partial charge in [-0.05, 0) is 55.5 Å². The summed E-state index contributed by atoms with van der Waals surface area (Å²) in [5.41, 5.74) is 0.188. The molecule has 1 aliphatic heterocycles. The highest BCUT2D eigenvalue weighted by molar-refractivity contribution is 7.89. The van der Waals surface area contributed by atoms with Crippen molar-refractivity contribution >= 4 is 15.9 Å². The number of carbonyl (C=O) groups excluding carboxylic acids is 1. The zero-order chi connectivity index (χ0) is 24.3. The van der Waals surface area contributed by atoms with Crippen molar-refractivity contribution < 1.29 is 26.4 Å². The average molecular weight is 496 g/mol. The Bertz CT molecular complexity index is 1080. The van der Waals surface area contributed by atoms with Gasteiger partial charge >= 0.3 is 6.18 Å². The molecule has 1 aliphatic carbocycles. The molecule has 1 saturated carbocycles. The summed E-state index contributed by atoms with van der Waals surface area (Å²) >= 11 is 0. The first-order chi connectivity index (χ1) is 16.1. The molecule has 1 atom stereocenters. The highest BCUT2D eigenvalue weighted by Crippen LogP contribution is 2.32. The lowest BCUT2D eigenvalue weighted by molar-refractivity contribution is -0.140. The number of sulfonamides is 1. The second-order valence-corrected chi connectivity index (χ2v) is 10.6. The quantitative estimate of drug-likeness (QED) is 0.663. The topological polar surface area (TPSA) is 78.5 Å². The summed E-state index contributed by atoms with van der Waals surface area (Å²) in [5, 5.41) is 3.35. The second kappa shape index (κ2) is 10.1. The highest BCUT2D eigenvalue weighted by atomic mass is 32.2. The molecule has 2 N–H and O–H groups in total. The number of alkyl halides is 3. The van der Waals surface area contributed by atoms with Gasteiger partial charge in [-0.2, -0.15) is 13.2 Å². The lowest BCUT2D eigenvalue weighted by atomic mass is 9.85. The lowest BCUT2D eigenvalue weighted by Crippen LogP contribution is -2.51. The van der Waals surface area contributed by atoms with Crippen molar-refractivity contribution in [2.45, 2.75) is 48.8 Å². The van der Waals surface area contributed by atoms with Gasteiger partial charge in [0.2, 0.25) is 15.9 Å². The van der Waals surface area contributed by atoms with E-state index in [1.807, 2.05) is 35.2 Å². The molecule has 2 fully saturated rings. The molecule has 1 amide bonds. The third-order valence-corrected chi connectivity index (χ3v) is 8.14. The highest BCUT2D eigenvalue weighted by Gasteiger charge is 2.36. The monoisotopic (exact) mass is 495 g/mol. The molecule has 0 spiro atoms. The normalized spacial score (nSPS) is 24.1. The van der Waals surface area contributed by atoms with Crippen LogP contribution in [0.25, 0.3) is 0 Å². The average Bonchev–Trinajstić information content (AvgIpc) is 2.84. The van der Waals surface area contributed by atoms with Crippen LogP contribution < -0.4 is 10.0 Å². The molecule has 2 aromatic carbocycles. The van der Waals surface area contributed by atoms with Crippen LogP contribution in [0.2, 0.25) is 0 Å². The molecule has 184 valence electrons. The Labute approximate surface area is 197 Å². The maximum Gasteiger partial charge on any atom is 0.416 e. The van der Waals surface area contributed by atoms with Gasteiger partial charge in [0, 0.05) is 31.6 Å². The van der Waals surface area contributed by atoms with Gasteiger partial charge in [-0.3, -0.25) is 4.79 Å². The van der Waals surface area contributed by atoms with Crippen LogP contribution in [-0.2, 0) is 21.0 Å². The fraction of sp³-hybridized carbons (Fsp3) is 0.458. The van der Waals surface area contributed by atoms with Crippen molar-refractivity contribution in [3.63, 3.8) is 0 Å². The summed E-state index contributed by atoms with van der Waals surface area (Å²) in [5.74, 6) is -0.0736. The number of nitrogens with zero attached hydrogens (tertiary/aromatic N) is 1. The number of amides is 1. The van der Waals surface area contributed by atoms with Crippen LogP contribution in [0.1, 0.15) is 42.9 Å². The molecule has 2 aromatic rings. The van der Waals surface area contributed by atoms with Gasteiger partial charge in [-0.15, -0.1) is 0 Å². The molecule has 34 heavy (non-hydrogen) atoms. The van der Waals surface area contributed by atoms with Gasteiger partial charge in [0.15, 0.2) is 0 Å². The molecule has 4 rings (SSSR count). The summed E-state index contributed by atoms with van der Waals surface area (Å²) < 4.78 is 66.1. The molecule has 1 saturated heterocycles. The third-order valence-electron chi connectivity index (χ3n) is 6.60. The number of piperazine rings is 1. The van der Waals surface area contributed by atoms with Crippen LogP contribution in [-0.4, -0.2) is 44.9 Å². The van der Waals surface area contributed by atoms with Crippen molar-refractivity contribution in [3.8, 4) is 0 Å². The Balaban J connectivity index is 1.36. The predicted octanol–water partition coefficient (Wildman–Crippen LogP) is 3.72. The van der Waals surface area contributed by atoms with Crippen molar-refractivity contribution in [1.29, 1.82) is 0 Å². The van der Waals surface area contributed by atoms with Gasteiger partial charge in [0.05, 0.1) is 16.5 Å². The fourth-order valence-corrected chi connectivity index (χ4v) is 6.05. The van der Waals surface area contributed by atoms with Crippen molar-refractivity contribution in [2.75, 3.05) is 19.6 Å². The molecule has 0 radical (unpaired) electrons. The molecule has 2 aliphatic rings. The Morgan fingerprint density at radius 3 is 2.24 bits per heavy atom. The van der Waals surface area contributed by atoms with E-state index in [1.54, 1.807) is 0 Å². The molecule has 1 unspecified atom stereocenters. The molecule has 10 heteroatoms. The number of hydrogen-bond donors (Lipinski definition) is 2. The Hall–Kier alpha value is -2.43. The van der Waals surface area contributed by atoms with E-state index in [2.05, 4.69) is 10.0 Å². The van der Waals surface area contributed by atoms with Crippen molar-refractivity contribution in [1.82, 2.24) is 14.9 Å². The van der Waals surface area contributed by atoms with Gasteiger partial charge in [0.1, 0.15) is 0 Å². The molecule has 6 nitrogen and oxygen atoms in total. The summed E-state index contributed by atoms with van der Waals surface area (Å²) in [4.78, 5) is 15.1. The van der Waals surface area contributed by atoms with Crippen LogP contribution in [0.15, 0.2) is 59.5 Å². The molecular weight excluding hydrogens is 467 g/mol. The summed E-state index contributed by atoms with van der Waals surface area (Å²) in [7, 11) is -3.95. The molecular formula is C24H28F3N3O3S. The Morgan fingerprint density at radius 2 is 1.62 bits per heavy atom. The number of rotatable bonds is 5. The SMILES string of the molecule is O=C([C@H]1CC[C@H](NS(=O)(=O)c2ccc(C(F)(F)F)cc2)CC1)N1CCNCC1c1ccccc1. The Morgan fingerprint density at radius 1 is 0.971 bits per heavy atom. The molecule has 1 heterocycles. The first-order valence-corrected chi connectivity index (χ1v) is 12.9. The van der Waals surface area contributed by atoms with E-state index >= 15 is 0 Å². The zero-order valence-corrected chi connectivity index (χ0v) is 19.4. The molecule has 0 bridgehead atoms. The first-order valence-electron chi connectivity index (χ1n) is 11.4. The maximum atomic E-state index is 13.3. The van der Waals surface area contributed by atoms with Crippen LogP contribution >= 0.6 is 0 Å². The smallest absolute Gasteiger partial charge is 0.333 e. The van der Waals surface area contributed by atoms with E-state index in [-0.39, 0.29) is 28.8 Å². The minimum Gasteiger partial charge on any atom is -0.333 e. The van der Waals surface area contributed by atoms with Crippen LogP contribution in [0.5, 0.6) is 0 Å². The van der Waals surface area contributed by atoms with Crippen molar-refractivity contribution in [2.24, 2.45) is 5.92 Å². The van der Waals surface area contributed by atoms with E-state index in [1.165, 1.54) is 0 Å². The maximum absolute atomic E-state index is 13.3. The second-order valence-electron chi connectivity index (χ2n) is 8.85. The summed E-state index contributed by atoms with van der Waals surface area (Å²) in [6.07, 6.45) is -2.41. The van der Waals surface area contributed by atoms with E-state index in [9.17, 15) is 26.4 Å². The van der Waals surface area contributed by atoms with E-state index in [4.69, 9.17) is 0 Å². The summed E-state index contributed by atoms with van der Waals surface area (Å²) in [6.45, 7) is 2.05. The minimum absolute atomic E-state index is 0.0293. The first kappa shape index (κ1) is 24.7. The van der Waals surface area contributed by atoms with E-state index < -0.39 is 21.8 Å². The van der Waals surface area contributed by atoms with Gasteiger partial charge < -0.3 is 10.2 Å². The van der Waals surface area contributed by atoms with Crippen molar-refractivity contribution in [3.05, 3.63) is 65.7 Å². The molecule has 0 aromatic heterocycles. The zero-order valence-electron chi connectivity index (χ0n) is 18.6. The minimum atomic E-state index is -4.52. The lowest BCUT2D eigenvalue weighted by Gasteiger charge is -2.40. The van der Waals surface area contributed by atoms with Gasteiger partial charge in [-0.25, -0.2) is 13.1 Å². The number of hydrogen-bond acceptors (Lipinski definition) is 4. The van der Waals surface area contributed by atoms with E-state index in [0.717, 1.165) is 36.4 Å². The number of nitrogens with one attached hydrogen (secondary N) is 2. The number of benzene rings is 2. The van der Waals surface area contributed by atoms with Gasteiger partial charge in [0.25, 0.3) is 0 Å². The fourth-order valence-electron chi connectivity index (χ4n) is 4.74. The summed E-state index contributed by atoms with van der Waals surface area (Å²) in [6, 6.07) is 13.0. The number of halogens is 3. The largest absolute Gasteiger partial charge is 0.416 e. The van der Waals surface area contributed by atoms with Crippen LogP contribution in [0.3, 0.4) is 0 Å². The standard InChI is InChI=1S/C24H28F3N3O3S/c25-24(26,27)19-8-12-21(13-9-19)34(32,33)29-20-10-6-18(7-11-20)23(31)30-15-14-28-16-22(30)17-4-2-1-3-5-17/h1-5,8-9,12-13,18,20,22,28-29H,6-7,10-11,14-16H2/t18-,20-,22?. The number of carbonyl (C=O) groups is 1. The van der Waals surface area contributed by atoms with Crippen LogP contribution in [0, 0.1) is 5.92 Å². The third kappa shape index (κ3) is 5.61. The van der Waals surface area contributed by atoms with Gasteiger partial charge in [-0.1, -0.05) is 30.3 Å². The Kier molecular flexibility index (Phi) is 7.30. The van der Waals surface area contributed by atoms with Crippen LogP contribution in [0.4, 0.5) is 13.2 Å². The predicted molar refractivity (Wildman–Crippen MR) is 121 cm³/mol.